The molecule has 0 amide bonds. The summed E-state index contributed by atoms with van der Waals surface area (Å²) in [5, 5.41) is 0. The molecule has 0 aliphatic heterocycles. The molecule has 0 aromatic heterocycles. The molecule has 0 aliphatic carbocycles. The van der Waals surface area contributed by atoms with Gasteiger partial charge in [-0.2, -0.15) is 0 Å². The standard InChI is InChI=1S/C17H19IO3/c1-19-15-8-10-17(11-9-15)21-13-3-2-12-20-16-6-4-14(18)5-7-16/h4-11H,2-3,12-13H2,1H3. The van der Waals surface area contributed by atoms with Gasteiger partial charge in [0.1, 0.15) is 17.2 Å². The predicted octanol–water partition coefficient (Wildman–Crippen LogP) is 4.54. The van der Waals surface area contributed by atoms with Crippen LogP contribution < -0.4 is 14.2 Å². The zero-order valence-corrected chi connectivity index (χ0v) is 14.2. The molecule has 4 heteroatoms. The van der Waals surface area contributed by atoms with Crippen molar-refractivity contribution < 1.29 is 14.2 Å². The summed E-state index contributed by atoms with van der Waals surface area (Å²) < 4.78 is 17.6. The molecule has 3 nitrogen and oxygen atoms in total. The summed E-state index contributed by atoms with van der Waals surface area (Å²) >= 11 is 2.28. The van der Waals surface area contributed by atoms with Gasteiger partial charge in [0.25, 0.3) is 0 Å². The van der Waals surface area contributed by atoms with Crippen molar-refractivity contribution in [1.29, 1.82) is 0 Å². The highest BCUT2D eigenvalue weighted by Gasteiger charge is 1.97. The maximum atomic E-state index is 5.67. The lowest BCUT2D eigenvalue weighted by Gasteiger charge is -2.08. The molecule has 0 atom stereocenters. The van der Waals surface area contributed by atoms with Crippen LogP contribution in [-0.2, 0) is 0 Å². The summed E-state index contributed by atoms with van der Waals surface area (Å²) in [6, 6.07) is 15.7. The number of unbranched alkanes of at least 4 members (excludes halogenated alkanes) is 1. The van der Waals surface area contributed by atoms with Gasteiger partial charge in [-0.15, -0.1) is 0 Å². The lowest BCUT2D eigenvalue weighted by atomic mass is 10.3. The Balaban J connectivity index is 1.58. The molecule has 0 N–H and O–H groups in total. The first-order valence-corrected chi connectivity index (χ1v) is 8.01. The fourth-order valence-electron chi connectivity index (χ4n) is 1.79. The van der Waals surface area contributed by atoms with Gasteiger partial charge in [0, 0.05) is 3.57 Å². The van der Waals surface area contributed by atoms with E-state index in [9.17, 15) is 0 Å². The van der Waals surface area contributed by atoms with Crippen LogP contribution in [0.3, 0.4) is 0 Å². The third-order valence-corrected chi connectivity index (χ3v) is 3.67. The van der Waals surface area contributed by atoms with Crippen LogP contribution in [0, 0.1) is 3.57 Å². The fourth-order valence-corrected chi connectivity index (χ4v) is 2.15. The Kier molecular flexibility index (Phi) is 6.66. The summed E-state index contributed by atoms with van der Waals surface area (Å²) in [6.45, 7) is 1.41. The Morgan fingerprint density at radius 3 is 1.62 bits per heavy atom. The molecule has 2 aromatic rings. The number of ether oxygens (including phenoxy) is 3. The molecule has 0 saturated carbocycles. The van der Waals surface area contributed by atoms with Crippen LogP contribution in [-0.4, -0.2) is 20.3 Å². The van der Waals surface area contributed by atoms with Crippen molar-refractivity contribution in [2.45, 2.75) is 12.8 Å². The highest BCUT2D eigenvalue weighted by atomic mass is 127. The monoisotopic (exact) mass is 398 g/mol. The smallest absolute Gasteiger partial charge is 0.119 e. The van der Waals surface area contributed by atoms with Crippen molar-refractivity contribution in [3.8, 4) is 17.2 Å². The number of halogens is 1. The van der Waals surface area contributed by atoms with Gasteiger partial charge in [-0.1, -0.05) is 0 Å². The Hall–Kier alpha value is -1.43. The maximum absolute atomic E-state index is 5.67. The molecule has 0 saturated heterocycles. The molecule has 0 heterocycles. The van der Waals surface area contributed by atoms with E-state index in [0.717, 1.165) is 30.1 Å². The molecule has 2 rings (SSSR count). The lowest BCUT2D eigenvalue weighted by molar-refractivity contribution is 0.266. The van der Waals surface area contributed by atoms with E-state index < -0.39 is 0 Å². The first-order valence-electron chi connectivity index (χ1n) is 6.93. The number of benzene rings is 2. The lowest BCUT2D eigenvalue weighted by Crippen LogP contribution is -2.02. The van der Waals surface area contributed by atoms with Crippen LogP contribution in [0.2, 0.25) is 0 Å². The van der Waals surface area contributed by atoms with Crippen molar-refractivity contribution in [1.82, 2.24) is 0 Å². The normalized spacial score (nSPS) is 10.2. The van der Waals surface area contributed by atoms with Gasteiger partial charge in [-0.25, -0.2) is 0 Å². The van der Waals surface area contributed by atoms with E-state index >= 15 is 0 Å². The van der Waals surface area contributed by atoms with Crippen molar-refractivity contribution in [3.63, 3.8) is 0 Å². The highest BCUT2D eigenvalue weighted by molar-refractivity contribution is 14.1. The number of hydrogen-bond donors (Lipinski definition) is 0. The average Bonchev–Trinajstić information content (AvgIpc) is 2.53. The van der Waals surface area contributed by atoms with E-state index in [-0.39, 0.29) is 0 Å². The largest absolute Gasteiger partial charge is 0.497 e. The molecular formula is C17H19IO3. The molecular weight excluding hydrogens is 379 g/mol. The van der Waals surface area contributed by atoms with Crippen molar-refractivity contribution in [2.24, 2.45) is 0 Å². The summed E-state index contributed by atoms with van der Waals surface area (Å²) in [7, 11) is 1.66. The minimum Gasteiger partial charge on any atom is -0.497 e. The van der Waals surface area contributed by atoms with E-state index in [2.05, 4.69) is 22.6 Å². The Labute approximate surface area is 139 Å². The molecule has 2 aromatic carbocycles. The maximum Gasteiger partial charge on any atom is 0.119 e. The van der Waals surface area contributed by atoms with E-state index in [4.69, 9.17) is 14.2 Å². The molecule has 0 bridgehead atoms. The zero-order chi connectivity index (χ0) is 14.9. The molecule has 0 radical (unpaired) electrons. The van der Waals surface area contributed by atoms with Crippen LogP contribution in [0.5, 0.6) is 17.2 Å². The second kappa shape index (κ2) is 8.77. The van der Waals surface area contributed by atoms with E-state index in [1.165, 1.54) is 3.57 Å². The molecule has 0 fully saturated rings. The first-order chi connectivity index (χ1) is 10.3. The Morgan fingerprint density at radius 2 is 1.14 bits per heavy atom. The van der Waals surface area contributed by atoms with Gasteiger partial charge in [0.2, 0.25) is 0 Å². The summed E-state index contributed by atoms with van der Waals surface area (Å²) in [4.78, 5) is 0. The predicted molar refractivity (Wildman–Crippen MR) is 92.4 cm³/mol. The molecule has 112 valence electrons. The minimum atomic E-state index is 0.697. The summed E-state index contributed by atoms with van der Waals surface area (Å²) in [5.74, 6) is 2.63. The average molecular weight is 398 g/mol. The first kappa shape index (κ1) is 15.9. The number of rotatable bonds is 8. The van der Waals surface area contributed by atoms with Gasteiger partial charge in [0.15, 0.2) is 0 Å². The number of hydrogen-bond acceptors (Lipinski definition) is 3. The van der Waals surface area contributed by atoms with Gasteiger partial charge < -0.3 is 14.2 Å². The minimum absolute atomic E-state index is 0.697. The van der Waals surface area contributed by atoms with Crippen LogP contribution in [0.15, 0.2) is 48.5 Å². The van der Waals surface area contributed by atoms with Crippen molar-refractivity contribution in [2.75, 3.05) is 20.3 Å². The van der Waals surface area contributed by atoms with Gasteiger partial charge in [-0.05, 0) is 84.0 Å². The van der Waals surface area contributed by atoms with Crippen molar-refractivity contribution >= 4 is 22.6 Å². The van der Waals surface area contributed by atoms with E-state index in [1.54, 1.807) is 7.11 Å². The van der Waals surface area contributed by atoms with Gasteiger partial charge in [-0.3, -0.25) is 0 Å². The van der Waals surface area contributed by atoms with Crippen molar-refractivity contribution in [3.05, 3.63) is 52.1 Å². The highest BCUT2D eigenvalue weighted by Crippen LogP contribution is 2.17. The molecule has 21 heavy (non-hydrogen) atoms. The van der Waals surface area contributed by atoms with E-state index in [1.807, 2.05) is 48.5 Å². The SMILES string of the molecule is COc1ccc(OCCCCOc2ccc(I)cc2)cc1. The zero-order valence-electron chi connectivity index (χ0n) is 12.0. The Bertz CT molecular complexity index is 523. The third kappa shape index (κ3) is 5.83. The fraction of sp³-hybridized carbons (Fsp3) is 0.294. The molecule has 0 aliphatic rings. The quantitative estimate of drug-likeness (QED) is 0.483. The molecule has 0 unspecified atom stereocenters. The third-order valence-electron chi connectivity index (χ3n) is 2.95. The van der Waals surface area contributed by atoms with Crippen LogP contribution in [0.4, 0.5) is 0 Å². The summed E-state index contributed by atoms with van der Waals surface area (Å²) in [5.41, 5.74) is 0. The van der Waals surface area contributed by atoms with Gasteiger partial charge >= 0.3 is 0 Å². The second-order valence-corrected chi connectivity index (χ2v) is 5.78. The van der Waals surface area contributed by atoms with E-state index in [0.29, 0.717) is 13.2 Å². The van der Waals surface area contributed by atoms with Crippen LogP contribution in [0.25, 0.3) is 0 Å². The molecule has 0 spiro atoms. The summed E-state index contributed by atoms with van der Waals surface area (Å²) in [6.07, 6.45) is 1.94. The number of methoxy groups -OCH3 is 1. The van der Waals surface area contributed by atoms with Crippen LogP contribution in [0.1, 0.15) is 12.8 Å². The second-order valence-electron chi connectivity index (χ2n) is 4.53. The topological polar surface area (TPSA) is 27.7 Å². The van der Waals surface area contributed by atoms with Gasteiger partial charge in [0.05, 0.1) is 20.3 Å². The van der Waals surface area contributed by atoms with Crippen LogP contribution >= 0.6 is 22.6 Å². The Morgan fingerprint density at radius 1 is 0.714 bits per heavy atom.